The number of hydrogen-bond acceptors (Lipinski definition) is 7. The zero-order valence-electron chi connectivity index (χ0n) is 12.4. The summed E-state index contributed by atoms with van der Waals surface area (Å²) in [5.74, 6) is 0.629. The van der Waals surface area contributed by atoms with Crippen LogP contribution in [0.15, 0.2) is 21.9 Å². The lowest BCUT2D eigenvalue weighted by Crippen LogP contribution is -2.01. The van der Waals surface area contributed by atoms with E-state index in [2.05, 4.69) is 9.47 Å². The summed E-state index contributed by atoms with van der Waals surface area (Å²) < 4.78 is 9.17. The summed E-state index contributed by atoms with van der Waals surface area (Å²) in [5, 5.41) is 19.9. The molecule has 1 rings (SSSR count). The molecule has 0 aliphatic carbocycles. The van der Waals surface area contributed by atoms with Crippen LogP contribution >= 0.6 is 23.5 Å². The van der Waals surface area contributed by atoms with Gasteiger partial charge in [-0.3, -0.25) is 4.79 Å². The molecule has 8 heteroatoms. The Kier molecular flexibility index (Phi) is 7.97. The minimum Gasteiger partial charge on any atom is -0.507 e. The highest BCUT2D eigenvalue weighted by Crippen LogP contribution is 2.39. The lowest BCUT2D eigenvalue weighted by atomic mass is 10.3. The Bertz CT molecular complexity index is 485. The molecule has 122 valence electrons. The van der Waals surface area contributed by atoms with Gasteiger partial charge in [-0.25, -0.2) is 0 Å². The van der Waals surface area contributed by atoms with E-state index in [1.54, 1.807) is 0 Å². The van der Waals surface area contributed by atoms with Crippen molar-refractivity contribution in [2.75, 3.05) is 25.7 Å². The maximum absolute atomic E-state index is 11.0. The Hall–Kier alpha value is -1.54. The number of methoxy groups -OCH3 is 2. The number of rotatable bonds is 8. The van der Waals surface area contributed by atoms with E-state index in [1.807, 2.05) is 0 Å². The van der Waals surface area contributed by atoms with Gasteiger partial charge in [0.1, 0.15) is 17.9 Å². The third-order valence-electron chi connectivity index (χ3n) is 2.64. The van der Waals surface area contributed by atoms with Crippen LogP contribution in [0, 0.1) is 0 Å². The van der Waals surface area contributed by atoms with Crippen LogP contribution in [0.2, 0.25) is 0 Å². The van der Waals surface area contributed by atoms with E-state index in [0.717, 1.165) is 0 Å². The maximum Gasteiger partial charge on any atom is 0.483 e. The van der Waals surface area contributed by atoms with Crippen molar-refractivity contribution in [2.24, 2.45) is 0 Å². The van der Waals surface area contributed by atoms with Gasteiger partial charge in [-0.1, -0.05) is 0 Å². The highest BCUT2D eigenvalue weighted by atomic mass is 32.2. The number of thioether (sulfide) groups is 2. The van der Waals surface area contributed by atoms with Crippen molar-refractivity contribution in [3.63, 3.8) is 0 Å². The molecule has 0 unspecified atom stereocenters. The fraction of sp³-hybridized carbons (Fsp3) is 0.429. The van der Waals surface area contributed by atoms with Gasteiger partial charge < -0.3 is 24.5 Å². The van der Waals surface area contributed by atoms with Gasteiger partial charge in [0.15, 0.2) is 7.11 Å². The monoisotopic (exact) mass is 347 g/mol. The van der Waals surface area contributed by atoms with Gasteiger partial charge in [0.05, 0.1) is 23.3 Å². The summed E-state index contributed by atoms with van der Waals surface area (Å²) in [7, 11) is 2.70. The van der Waals surface area contributed by atoms with E-state index < -0.39 is 0 Å². The largest absolute Gasteiger partial charge is 0.507 e. The topological polar surface area (TPSA) is 97.4 Å². The summed E-state index contributed by atoms with van der Waals surface area (Å²) >= 11 is 2.55. The molecule has 1 aromatic rings. The van der Waals surface area contributed by atoms with Gasteiger partial charge in [0, 0.05) is 11.5 Å². The smallest absolute Gasteiger partial charge is 0.483 e. The molecule has 1 aromatic carbocycles. The SMILES string of the molecule is COC(=O)CCSc1cc(O)c(SCCC(=[OH+])OC)cc1O. The Balaban J connectivity index is 2.59. The van der Waals surface area contributed by atoms with Gasteiger partial charge >= 0.3 is 11.9 Å². The van der Waals surface area contributed by atoms with Crippen LogP contribution in [0.3, 0.4) is 0 Å². The molecule has 0 spiro atoms. The number of benzene rings is 1. The predicted octanol–water partition coefficient (Wildman–Crippen LogP) is 2.38. The third-order valence-corrected chi connectivity index (χ3v) is 4.73. The lowest BCUT2D eigenvalue weighted by Gasteiger charge is -2.09. The summed E-state index contributed by atoms with van der Waals surface area (Å²) in [6, 6.07) is 2.92. The molecule has 22 heavy (non-hydrogen) atoms. The summed E-state index contributed by atoms with van der Waals surface area (Å²) in [4.78, 5) is 21.2. The fourth-order valence-electron chi connectivity index (χ4n) is 1.47. The van der Waals surface area contributed by atoms with Gasteiger partial charge in [-0.15, -0.1) is 23.5 Å². The van der Waals surface area contributed by atoms with Gasteiger partial charge in [0.25, 0.3) is 0 Å². The van der Waals surface area contributed by atoms with Crippen molar-refractivity contribution in [3.05, 3.63) is 12.1 Å². The quantitative estimate of drug-likeness (QED) is 0.322. The Morgan fingerprint density at radius 3 is 2.00 bits per heavy atom. The van der Waals surface area contributed by atoms with Gasteiger partial charge in [0.2, 0.25) is 0 Å². The highest BCUT2D eigenvalue weighted by molar-refractivity contribution is 7.99. The number of carbonyl (C=O) groups is 1. The zero-order chi connectivity index (χ0) is 16.5. The minimum atomic E-state index is -0.322. The summed E-state index contributed by atoms with van der Waals surface area (Å²) in [5.41, 5.74) is 0. The number of carbonyl (C=O) groups excluding carboxylic acids is 2. The van der Waals surface area contributed by atoms with Crippen molar-refractivity contribution in [1.82, 2.24) is 0 Å². The van der Waals surface area contributed by atoms with E-state index in [-0.39, 0.29) is 29.9 Å². The molecule has 0 aliphatic rings. The number of hydrogen-bond donors (Lipinski definition) is 2. The van der Waals surface area contributed by atoms with E-state index >= 15 is 0 Å². The second kappa shape index (κ2) is 9.47. The van der Waals surface area contributed by atoms with E-state index in [9.17, 15) is 19.8 Å². The molecule has 0 heterocycles. The van der Waals surface area contributed by atoms with Crippen LogP contribution < -0.4 is 0 Å². The molecule has 0 aromatic heterocycles. The Morgan fingerprint density at radius 1 is 1.05 bits per heavy atom. The maximum atomic E-state index is 11.0. The Morgan fingerprint density at radius 2 is 1.55 bits per heavy atom. The average Bonchev–Trinajstić information content (AvgIpc) is 2.50. The molecule has 0 fully saturated rings. The second-order valence-corrected chi connectivity index (χ2v) is 6.43. The van der Waals surface area contributed by atoms with Crippen molar-refractivity contribution < 1.29 is 29.3 Å². The number of phenols is 2. The summed E-state index contributed by atoms with van der Waals surface area (Å²) in [6.45, 7) is 0. The molecule has 0 amide bonds. The first-order chi connectivity index (χ1) is 10.5. The van der Waals surface area contributed by atoms with Crippen molar-refractivity contribution in [2.45, 2.75) is 22.6 Å². The molecule has 0 saturated carbocycles. The Labute approximate surface area is 137 Å². The van der Waals surface area contributed by atoms with E-state index in [0.29, 0.717) is 27.7 Å². The van der Waals surface area contributed by atoms with E-state index in [4.69, 9.17) is 0 Å². The molecule has 6 nitrogen and oxygen atoms in total. The highest BCUT2D eigenvalue weighted by Gasteiger charge is 2.13. The number of aromatic hydroxyl groups is 2. The third kappa shape index (κ3) is 6.07. The van der Waals surface area contributed by atoms with Crippen LogP contribution in [-0.2, 0) is 14.3 Å². The lowest BCUT2D eigenvalue weighted by molar-refractivity contribution is -0.140. The van der Waals surface area contributed by atoms with E-state index in [1.165, 1.54) is 49.9 Å². The molecular weight excluding hydrogens is 328 g/mol. The molecule has 3 N–H and O–H groups in total. The number of phenolic OH excluding ortho intramolecular Hbond substituents is 2. The predicted molar refractivity (Wildman–Crippen MR) is 86.4 cm³/mol. The van der Waals surface area contributed by atoms with Crippen LogP contribution in [0.25, 0.3) is 0 Å². The second-order valence-electron chi connectivity index (χ2n) is 4.16. The summed E-state index contributed by atoms with van der Waals surface area (Å²) in [6.07, 6.45) is 0.557. The van der Waals surface area contributed by atoms with Crippen molar-refractivity contribution in [1.29, 1.82) is 0 Å². The fourth-order valence-corrected chi connectivity index (χ4v) is 3.26. The average molecular weight is 347 g/mol. The van der Waals surface area contributed by atoms with Crippen LogP contribution in [0.5, 0.6) is 11.5 Å². The zero-order valence-corrected chi connectivity index (χ0v) is 14.0. The first-order valence-corrected chi connectivity index (χ1v) is 8.42. The molecule has 0 radical (unpaired) electrons. The normalized spacial score (nSPS) is 10.3. The van der Waals surface area contributed by atoms with Crippen LogP contribution in [-0.4, -0.2) is 52.7 Å². The number of ether oxygens (including phenoxy) is 2. The molecule has 0 bridgehead atoms. The van der Waals surface area contributed by atoms with Gasteiger partial charge in [-0.2, -0.15) is 0 Å². The molecular formula is C14H19O6S2+. The van der Waals surface area contributed by atoms with Crippen molar-refractivity contribution in [3.8, 4) is 11.5 Å². The molecule has 0 atom stereocenters. The van der Waals surface area contributed by atoms with Crippen LogP contribution in [0.4, 0.5) is 0 Å². The minimum absolute atomic E-state index is 0.0371. The molecule has 0 aliphatic heterocycles. The number of esters is 2. The molecule has 0 saturated heterocycles. The first kappa shape index (κ1) is 18.5. The van der Waals surface area contributed by atoms with Gasteiger partial charge in [-0.05, 0) is 12.1 Å². The standard InChI is InChI=1S/C14H18O6S2/c1-19-13(17)3-5-21-11-7-10(16)12(8-9(11)15)22-6-4-14(18)20-2/h7-8,15-16H,3-6H2,1-2H3/p+1. The van der Waals surface area contributed by atoms with Crippen LogP contribution in [0.1, 0.15) is 12.8 Å². The van der Waals surface area contributed by atoms with Crippen molar-refractivity contribution >= 4 is 35.5 Å². The first-order valence-electron chi connectivity index (χ1n) is 6.45.